The highest BCUT2D eigenvalue weighted by atomic mass is 16.4. The number of carboxylic acids is 1. The fraction of sp³-hybridized carbons (Fsp3) is 0.417. The summed E-state index contributed by atoms with van der Waals surface area (Å²) in [6.45, 7) is 0.791. The molecule has 1 fully saturated rings. The predicted octanol–water partition coefficient (Wildman–Crippen LogP) is 1.12. The van der Waals surface area contributed by atoms with Gasteiger partial charge in [0.25, 0.3) is 0 Å². The van der Waals surface area contributed by atoms with Crippen molar-refractivity contribution in [3.05, 3.63) is 35.4 Å². The molecule has 0 saturated carbocycles. The van der Waals surface area contributed by atoms with E-state index in [2.05, 4.69) is 0 Å². The average Bonchev–Trinajstić information content (AvgIpc) is 2.58. The van der Waals surface area contributed by atoms with E-state index >= 15 is 0 Å². The number of rotatable bonds is 2. The zero-order chi connectivity index (χ0) is 11.7. The van der Waals surface area contributed by atoms with E-state index in [1.54, 1.807) is 24.3 Å². The van der Waals surface area contributed by atoms with E-state index in [9.17, 15) is 9.90 Å². The second-order valence-electron chi connectivity index (χ2n) is 4.17. The van der Waals surface area contributed by atoms with Crippen molar-refractivity contribution in [2.75, 3.05) is 13.6 Å². The first-order valence-electron chi connectivity index (χ1n) is 5.32. The summed E-state index contributed by atoms with van der Waals surface area (Å²) < 4.78 is 0. The minimum Gasteiger partial charge on any atom is -0.478 e. The van der Waals surface area contributed by atoms with Crippen molar-refractivity contribution in [3.8, 4) is 0 Å². The molecule has 86 valence electrons. The van der Waals surface area contributed by atoms with Gasteiger partial charge in [0.05, 0.1) is 17.7 Å². The molecule has 1 aromatic rings. The first kappa shape index (κ1) is 11.1. The van der Waals surface area contributed by atoms with E-state index < -0.39 is 12.1 Å². The van der Waals surface area contributed by atoms with Crippen LogP contribution in [0.5, 0.6) is 0 Å². The molecule has 0 aliphatic carbocycles. The number of nitrogens with zero attached hydrogens (tertiary/aromatic N) is 1. The molecule has 0 spiro atoms. The molecule has 1 saturated heterocycles. The van der Waals surface area contributed by atoms with Gasteiger partial charge in [-0.3, -0.25) is 4.90 Å². The van der Waals surface area contributed by atoms with Gasteiger partial charge in [-0.25, -0.2) is 4.79 Å². The van der Waals surface area contributed by atoms with Crippen LogP contribution in [0.25, 0.3) is 0 Å². The summed E-state index contributed by atoms with van der Waals surface area (Å²) in [6.07, 6.45) is 0.209. The molecule has 2 unspecified atom stereocenters. The summed E-state index contributed by atoms with van der Waals surface area (Å²) in [5.41, 5.74) is 0.975. The molecule has 4 nitrogen and oxygen atoms in total. The van der Waals surface area contributed by atoms with Crippen molar-refractivity contribution >= 4 is 5.97 Å². The lowest BCUT2D eigenvalue weighted by Gasteiger charge is -2.23. The van der Waals surface area contributed by atoms with Crippen molar-refractivity contribution in [3.63, 3.8) is 0 Å². The molecule has 16 heavy (non-hydrogen) atoms. The zero-order valence-corrected chi connectivity index (χ0v) is 9.13. The Labute approximate surface area is 94.1 Å². The fourth-order valence-corrected chi connectivity index (χ4v) is 2.32. The van der Waals surface area contributed by atoms with Gasteiger partial charge < -0.3 is 10.2 Å². The minimum absolute atomic E-state index is 0.202. The first-order chi connectivity index (χ1) is 7.61. The highest BCUT2D eigenvalue weighted by Gasteiger charge is 2.33. The third-order valence-corrected chi connectivity index (χ3v) is 3.13. The number of aromatic carboxylic acids is 1. The largest absolute Gasteiger partial charge is 0.478 e. The van der Waals surface area contributed by atoms with E-state index in [0.717, 1.165) is 6.54 Å². The number of likely N-dealkylation sites (N-methyl/N-ethyl adjacent to an activating group) is 1. The number of aliphatic hydroxyl groups excluding tert-OH is 1. The molecule has 2 N–H and O–H groups in total. The molecule has 1 aliphatic rings. The topological polar surface area (TPSA) is 60.8 Å². The summed E-state index contributed by atoms with van der Waals surface area (Å²) in [7, 11) is 1.90. The lowest BCUT2D eigenvalue weighted by molar-refractivity contribution is 0.0690. The monoisotopic (exact) mass is 221 g/mol. The van der Waals surface area contributed by atoms with E-state index in [1.165, 1.54) is 0 Å². The minimum atomic E-state index is -0.942. The normalized spacial score (nSPS) is 25.9. The smallest absolute Gasteiger partial charge is 0.336 e. The molecule has 0 aromatic heterocycles. The highest BCUT2D eigenvalue weighted by molar-refractivity contribution is 5.89. The number of carboxylic acid groups (broad SMARTS) is 1. The Balaban J connectivity index is 2.43. The maximum atomic E-state index is 11.1. The number of hydrogen-bond acceptors (Lipinski definition) is 3. The van der Waals surface area contributed by atoms with Gasteiger partial charge >= 0.3 is 5.97 Å². The van der Waals surface area contributed by atoms with E-state index in [0.29, 0.717) is 12.0 Å². The van der Waals surface area contributed by atoms with Gasteiger partial charge in [-0.05, 0) is 25.1 Å². The van der Waals surface area contributed by atoms with E-state index in [-0.39, 0.29) is 11.6 Å². The van der Waals surface area contributed by atoms with Crippen LogP contribution in [0, 0.1) is 0 Å². The Morgan fingerprint density at radius 3 is 2.69 bits per heavy atom. The molecule has 4 heteroatoms. The third-order valence-electron chi connectivity index (χ3n) is 3.13. The molecular weight excluding hydrogens is 206 g/mol. The number of hydrogen-bond donors (Lipinski definition) is 2. The molecule has 0 bridgehead atoms. The zero-order valence-electron chi connectivity index (χ0n) is 9.13. The van der Waals surface area contributed by atoms with E-state index in [1.807, 2.05) is 11.9 Å². The van der Waals surface area contributed by atoms with E-state index in [4.69, 9.17) is 5.11 Å². The first-order valence-corrected chi connectivity index (χ1v) is 5.32. The van der Waals surface area contributed by atoms with Crippen LogP contribution in [0.4, 0.5) is 0 Å². The molecule has 1 aromatic carbocycles. The Morgan fingerprint density at radius 2 is 2.12 bits per heavy atom. The quantitative estimate of drug-likeness (QED) is 0.785. The highest BCUT2D eigenvalue weighted by Crippen LogP contribution is 2.32. The van der Waals surface area contributed by atoms with Crippen LogP contribution in [0.1, 0.15) is 28.4 Å². The van der Waals surface area contributed by atoms with Gasteiger partial charge in [-0.1, -0.05) is 18.2 Å². The maximum Gasteiger partial charge on any atom is 0.336 e. The Bertz CT molecular complexity index is 395. The number of benzene rings is 1. The van der Waals surface area contributed by atoms with Gasteiger partial charge in [-0.15, -0.1) is 0 Å². The van der Waals surface area contributed by atoms with Gasteiger partial charge in [0.2, 0.25) is 0 Å². The van der Waals surface area contributed by atoms with Crippen LogP contribution >= 0.6 is 0 Å². The molecular formula is C12H15NO3. The SMILES string of the molecule is CN1CCC(O)C1c1ccccc1C(=O)O. The second kappa shape index (κ2) is 4.23. The van der Waals surface area contributed by atoms with Crippen LogP contribution in [0.15, 0.2) is 24.3 Å². The van der Waals surface area contributed by atoms with Crippen molar-refractivity contribution in [2.45, 2.75) is 18.6 Å². The maximum absolute atomic E-state index is 11.1. The van der Waals surface area contributed by atoms with Crippen LogP contribution in [-0.2, 0) is 0 Å². The summed E-state index contributed by atoms with van der Waals surface area (Å²) in [6, 6.07) is 6.66. The number of likely N-dealkylation sites (tertiary alicyclic amines) is 1. The van der Waals surface area contributed by atoms with Crippen molar-refractivity contribution in [1.29, 1.82) is 0 Å². The van der Waals surface area contributed by atoms with Gasteiger partial charge in [0, 0.05) is 6.54 Å². The Kier molecular flexibility index (Phi) is 2.94. The standard InChI is InChI=1S/C12H15NO3/c1-13-7-6-10(14)11(13)8-4-2-3-5-9(8)12(15)16/h2-5,10-11,14H,6-7H2,1H3,(H,15,16). The van der Waals surface area contributed by atoms with Crippen molar-refractivity contribution < 1.29 is 15.0 Å². The lowest BCUT2D eigenvalue weighted by atomic mass is 9.97. The van der Waals surface area contributed by atoms with Crippen molar-refractivity contribution in [1.82, 2.24) is 4.90 Å². The molecule has 2 rings (SSSR count). The summed E-state index contributed by atoms with van der Waals surface area (Å²) >= 11 is 0. The summed E-state index contributed by atoms with van der Waals surface area (Å²) in [5, 5.41) is 19.0. The molecule has 0 radical (unpaired) electrons. The van der Waals surface area contributed by atoms with Gasteiger partial charge in [0.1, 0.15) is 0 Å². The summed E-state index contributed by atoms with van der Waals surface area (Å²) in [4.78, 5) is 13.1. The van der Waals surface area contributed by atoms with Gasteiger partial charge in [0.15, 0.2) is 0 Å². The number of carbonyl (C=O) groups is 1. The van der Waals surface area contributed by atoms with Crippen molar-refractivity contribution in [2.24, 2.45) is 0 Å². The Hall–Kier alpha value is -1.39. The third kappa shape index (κ3) is 1.81. The Morgan fingerprint density at radius 1 is 1.44 bits per heavy atom. The average molecular weight is 221 g/mol. The second-order valence-corrected chi connectivity index (χ2v) is 4.17. The van der Waals surface area contributed by atoms with Crippen LogP contribution < -0.4 is 0 Å². The molecule has 2 atom stereocenters. The summed E-state index contributed by atoms with van der Waals surface area (Å²) in [5.74, 6) is -0.942. The molecule has 1 heterocycles. The van der Waals surface area contributed by atoms with Crippen LogP contribution in [0.3, 0.4) is 0 Å². The molecule has 0 amide bonds. The predicted molar refractivity (Wildman–Crippen MR) is 59.4 cm³/mol. The number of aliphatic hydroxyl groups is 1. The van der Waals surface area contributed by atoms with Crippen LogP contribution in [0.2, 0.25) is 0 Å². The van der Waals surface area contributed by atoms with Crippen LogP contribution in [-0.4, -0.2) is 40.8 Å². The van der Waals surface area contributed by atoms with Gasteiger partial charge in [-0.2, -0.15) is 0 Å². The fourth-order valence-electron chi connectivity index (χ4n) is 2.32. The molecule has 1 aliphatic heterocycles. The lowest BCUT2D eigenvalue weighted by Crippen LogP contribution is -2.25.